The number of hydrogen-bond acceptors (Lipinski definition) is 10. The quantitative estimate of drug-likeness (QED) is 0.177. The Morgan fingerprint density at radius 1 is 0.727 bits per heavy atom. The lowest BCUT2D eigenvalue weighted by Gasteiger charge is -2.10. The molecule has 7 rings (SSSR count). The maximum Gasteiger partial charge on any atom is 0.181 e. The molecule has 0 aliphatic carbocycles. The van der Waals surface area contributed by atoms with Crippen LogP contribution in [0.1, 0.15) is 15.3 Å². The van der Waals surface area contributed by atoms with Gasteiger partial charge in [0.15, 0.2) is 11.6 Å². The van der Waals surface area contributed by atoms with Gasteiger partial charge in [-0.15, -0.1) is 22.7 Å². The number of ether oxygens (including phenoxy) is 1. The van der Waals surface area contributed by atoms with Crippen molar-refractivity contribution < 1.29 is 4.74 Å². The summed E-state index contributed by atoms with van der Waals surface area (Å²) in [5.41, 5.74) is 2.53. The van der Waals surface area contributed by atoms with E-state index in [2.05, 4.69) is 43.2 Å². The molecular weight excluding hydrogens is 633 g/mol. The van der Waals surface area contributed by atoms with E-state index in [-0.39, 0.29) is 0 Å². The van der Waals surface area contributed by atoms with E-state index >= 15 is 0 Å². The van der Waals surface area contributed by atoms with E-state index in [1.54, 1.807) is 42.2 Å². The first-order chi connectivity index (χ1) is 21.4. The number of nitrogens with one attached hydrogen (secondary N) is 1. The van der Waals surface area contributed by atoms with Crippen LogP contribution in [-0.2, 0) is 6.54 Å². The first kappa shape index (κ1) is 29.8. The summed E-state index contributed by atoms with van der Waals surface area (Å²) in [5.74, 6) is 2.64. The van der Waals surface area contributed by atoms with Crippen molar-refractivity contribution in [2.24, 2.45) is 0 Å². The van der Waals surface area contributed by atoms with Crippen molar-refractivity contribution in [3.8, 4) is 28.8 Å². The van der Waals surface area contributed by atoms with Gasteiger partial charge in [0.2, 0.25) is 0 Å². The number of thiophene rings is 2. The standard InChI is InChI=1S/C20H17ClN4OS.C12H8ClN3S/c1-12-9-14-18(23-11-13-6-7-17(26-2)15(21)10-13)24-19(25-20(14)27-12)16-5-3-4-8-22-16;1-7-6-8-10(13)15-11(16-12(8)17-7)9-4-2-3-5-14-9/h3-10H,11H2,1-2H3,(H,23,24,25);2-6H,1H3. The van der Waals surface area contributed by atoms with Gasteiger partial charge in [-0.25, -0.2) is 19.9 Å². The zero-order valence-corrected chi connectivity index (χ0v) is 27.0. The predicted molar refractivity (Wildman–Crippen MR) is 181 cm³/mol. The third kappa shape index (κ3) is 6.63. The molecule has 220 valence electrons. The van der Waals surface area contributed by atoms with Gasteiger partial charge in [-0.05, 0) is 67.9 Å². The summed E-state index contributed by atoms with van der Waals surface area (Å²) in [7, 11) is 1.61. The molecule has 0 fully saturated rings. The summed E-state index contributed by atoms with van der Waals surface area (Å²) in [6.07, 6.45) is 3.46. The molecule has 0 amide bonds. The van der Waals surface area contributed by atoms with Crippen LogP contribution in [0.25, 0.3) is 43.5 Å². The molecule has 12 heteroatoms. The van der Waals surface area contributed by atoms with Crippen molar-refractivity contribution in [1.29, 1.82) is 0 Å². The van der Waals surface area contributed by atoms with Crippen LogP contribution in [0.5, 0.6) is 5.75 Å². The van der Waals surface area contributed by atoms with Gasteiger partial charge in [-0.2, -0.15) is 0 Å². The zero-order valence-electron chi connectivity index (χ0n) is 23.9. The molecular formula is C32H25Cl2N7OS2. The first-order valence-electron chi connectivity index (χ1n) is 13.5. The van der Waals surface area contributed by atoms with Gasteiger partial charge >= 0.3 is 0 Å². The number of nitrogens with zero attached hydrogens (tertiary/aromatic N) is 6. The van der Waals surface area contributed by atoms with Gasteiger partial charge in [-0.3, -0.25) is 9.97 Å². The molecule has 0 bridgehead atoms. The molecule has 1 aromatic carbocycles. The second-order valence-electron chi connectivity index (χ2n) is 9.64. The Bertz CT molecular complexity index is 2070. The Balaban J connectivity index is 0.000000173. The van der Waals surface area contributed by atoms with Crippen molar-refractivity contribution in [3.05, 3.63) is 105 Å². The van der Waals surface area contributed by atoms with Gasteiger partial charge in [-0.1, -0.05) is 41.4 Å². The number of halogens is 2. The van der Waals surface area contributed by atoms with E-state index in [1.165, 1.54) is 9.75 Å². The molecule has 0 saturated carbocycles. The second-order valence-corrected chi connectivity index (χ2v) is 12.9. The number of benzene rings is 1. The largest absolute Gasteiger partial charge is 0.495 e. The highest BCUT2D eigenvalue weighted by atomic mass is 35.5. The predicted octanol–water partition coefficient (Wildman–Crippen LogP) is 9.05. The van der Waals surface area contributed by atoms with Crippen LogP contribution in [0.4, 0.5) is 5.82 Å². The van der Waals surface area contributed by atoms with Crippen LogP contribution in [0, 0.1) is 13.8 Å². The van der Waals surface area contributed by atoms with Crippen LogP contribution >= 0.6 is 45.9 Å². The minimum atomic E-state index is 0.486. The van der Waals surface area contributed by atoms with E-state index in [4.69, 9.17) is 32.9 Å². The third-order valence-corrected chi connectivity index (χ3v) is 8.92. The normalized spacial score (nSPS) is 10.9. The maximum atomic E-state index is 6.23. The lowest BCUT2D eigenvalue weighted by atomic mass is 10.2. The molecule has 0 radical (unpaired) electrons. The van der Waals surface area contributed by atoms with Crippen molar-refractivity contribution in [2.75, 3.05) is 12.4 Å². The molecule has 1 N–H and O–H groups in total. The lowest BCUT2D eigenvalue weighted by molar-refractivity contribution is 0.415. The number of methoxy groups -OCH3 is 1. The van der Waals surface area contributed by atoms with Crippen LogP contribution in [0.3, 0.4) is 0 Å². The van der Waals surface area contributed by atoms with Gasteiger partial charge < -0.3 is 10.1 Å². The van der Waals surface area contributed by atoms with Gasteiger partial charge in [0, 0.05) is 34.1 Å². The van der Waals surface area contributed by atoms with E-state index in [0.717, 1.165) is 43.2 Å². The molecule has 0 saturated heterocycles. The molecule has 0 atom stereocenters. The number of pyridine rings is 2. The van der Waals surface area contributed by atoms with Gasteiger partial charge in [0.25, 0.3) is 0 Å². The Morgan fingerprint density at radius 3 is 1.93 bits per heavy atom. The van der Waals surface area contributed by atoms with Crippen LogP contribution in [0.15, 0.2) is 79.1 Å². The summed E-state index contributed by atoms with van der Waals surface area (Å²) < 4.78 is 5.21. The number of anilines is 1. The molecule has 6 heterocycles. The lowest BCUT2D eigenvalue weighted by Crippen LogP contribution is -2.04. The van der Waals surface area contributed by atoms with Crippen molar-refractivity contribution in [2.45, 2.75) is 20.4 Å². The Kier molecular flexibility index (Phi) is 8.94. The first-order valence-corrected chi connectivity index (χ1v) is 15.9. The van der Waals surface area contributed by atoms with Gasteiger partial charge in [0.1, 0.15) is 37.8 Å². The van der Waals surface area contributed by atoms with Crippen LogP contribution in [-0.4, -0.2) is 37.0 Å². The molecule has 0 aliphatic heterocycles. The zero-order chi connectivity index (χ0) is 30.6. The molecule has 0 unspecified atom stereocenters. The summed E-state index contributed by atoms with van der Waals surface area (Å²) in [6.45, 7) is 4.69. The highest BCUT2D eigenvalue weighted by molar-refractivity contribution is 7.19. The topological polar surface area (TPSA) is 98.6 Å². The molecule has 6 aromatic heterocycles. The summed E-state index contributed by atoms with van der Waals surface area (Å²) in [4.78, 5) is 31.0. The van der Waals surface area contributed by atoms with E-state index in [9.17, 15) is 0 Å². The summed E-state index contributed by atoms with van der Waals surface area (Å²) >= 11 is 15.6. The number of hydrogen-bond donors (Lipinski definition) is 1. The van der Waals surface area contributed by atoms with E-state index in [0.29, 0.717) is 34.1 Å². The van der Waals surface area contributed by atoms with Crippen molar-refractivity contribution >= 4 is 72.1 Å². The monoisotopic (exact) mass is 657 g/mol. The number of aryl methyl sites for hydroxylation is 2. The van der Waals surface area contributed by atoms with Crippen molar-refractivity contribution in [3.63, 3.8) is 0 Å². The smallest absolute Gasteiger partial charge is 0.181 e. The van der Waals surface area contributed by atoms with Gasteiger partial charge in [0.05, 0.1) is 17.5 Å². The second kappa shape index (κ2) is 13.2. The number of rotatable bonds is 6. The summed E-state index contributed by atoms with van der Waals surface area (Å²) in [6, 6.07) is 21.2. The van der Waals surface area contributed by atoms with E-state index in [1.807, 2.05) is 67.6 Å². The van der Waals surface area contributed by atoms with Crippen LogP contribution in [0.2, 0.25) is 10.2 Å². The minimum absolute atomic E-state index is 0.486. The number of fused-ring (bicyclic) bond motifs is 2. The fourth-order valence-electron chi connectivity index (χ4n) is 4.41. The van der Waals surface area contributed by atoms with E-state index < -0.39 is 0 Å². The highest BCUT2D eigenvalue weighted by Crippen LogP contribution is 2.32. The number of aromatic nitrogens is 6. The minimum Gasteiger partial charge on any atom is -0.495 e. The SMILES string of the molecule is COc1ccc(CNc2nc(-c3ccccn3)nc3sc(C)cc23)cc1Cl.Cc1cc2c(Cl)nc(-c3ccccn3)nc2s1. The molecule has 44 heavy (non-hydrogen) atoms. The average molecular weight is 659 g/mol. The maximum absolute atomic E-state index is 6.23. The Labute approximate surface area is 271 Å². The Hall–Kier alpha value is -4.22. The molecule has 0 spiro atoms. The summed E-state index contributed by atoms with van der Waals surface area (Å²) in [5, 5.41) is 6.42. The Morgan fingerprint density at radius 2 is 1.34 bits per heavy atom. The molecule has 7 aromatic rings. The van der Waals surface area contributed by atoms with Crippen LogP contribution < -0.4 is 10.1 Å². The third-order valence-electron chi connectivity index (χ3n) is 6.45. The molecule has 8 nitrogen and oxygen atoms in total. The van der Waals surface area contributed by atoms with Crippen molar-refractivity contribution in [1.82, 2.24) is 29.9 Å². The average Bonchev–Trinajstić information content (AvgIpc) is 3.62. The fourth-order valence-corrected chi connectivity index (χ4v) is 6.73. The highest BCUT2D eigenvalue weighted by Gasteiger charge is 2.13. The fraction of sp³-hybridized carbons (Fsp3) is 0.125. The molecule has 0 aliphatic rings.